The van der Waals surface area contributed by atoms with Crippen LogP contribution in [0.3, 0.4) is 0 Å². The second-order valence-corrected chi connectivity index (χ2v) is 6.66. The van der Waals surface area contributed by atoms with E-state index in [1.807, 2.05) is 29.2 Å². The zero-order valence-electron chi connectivity index (χ0n) is 12.5. The van der Waals surface area contributed by atoms with E-state index in [1.165, 1.54) is 12.1 Å². The lowest BCUT2D eigenvalue weighted by Gasteiger charge is -2.32. The predicted octanol–water partition coefficient (Wildman–Crippen LogP) is 4.23. The number of hydrogen-bond donors (Lipinski definition) is 1. The van der Waals surface area contributed by atoms with Gasteiger partial charge in [0.05, 0.1) is 6.04 Å². The third-order valence-electron chi connectivity index (χ3n) is 4.28. The molecule has 0 spiro atoms. The Morgan fingerprint density at radius 1 is 1.13 bits per heavy atom. The molecule has 5 heteroatoms. The van der Waals surface area contributed by atoms with E-state index in [9.17, 15) is 14.3 Å². The van der Waals surface area contributed by atoms with E-state index < -0.39 is 12.0 Å². The van der Waals surface area contributed by atoms with Crippen LogP contribution in [0.25, 0.3) is 0 Å². The number of benzene rings is 2. The molecule has 1 aliphatic rings. The van der Waals surface area contributed by atoms with Gasteiger partial charge in [-0.15, -0.1) is 0 Å². The van der Waals surface area contributed by atoms with Crippen LogP contribution in [0, 0.1) is 5.82 Å². The van der Waals surface area contributed by atoms with Crippen molar-refractivity contribution in [3.8, 4) is 0 Å². The SMILES string of the molecule is O=C(O)C1CCCN1C(c1ccc(F)cc1)c1ccc(Br)cc1. The van der Waals surface area contributed by atoms with Crippen molar-refractivity contribution in [1.82, 2.24) is 4.90 Å². The molecule has 1 saturated heterocycles. The van der Waals surface area contributed by atoms with Crippen LogP contribution in [0.15, 0.2) is 53.0 Å². The summed E-state index contributed by atoms with van der Waals surface area (Å²) < 4.78 is 14.2. The normalized spacial score (nSPS) is 19.7. The molecule has 3 nitrogen and oxygen atoms in total. The molecule has 1 N–H and O–H groups in total. The molecule has 1 heterocycles. The van der Waals surface area contributed by atoms with E-state index in [0.717, 1.165) is 28.6 Å². The Morgan fingerprint density at radius 3 is 2.26 bits per heavy atom. The maximum absolute atomic E-state index is 13.3. The first kappa shape index (κ1) is 16.1. The van der Waals surface area contributed by atoms with Crippen LogP contribution in [-0.4, -0.2) is 28.6 Å². The van der Waals surface area contributed by atoms with Gasteiger partial charge in [0, 0.05) is 11.0 Å². The minimum Gasteiger partial charge on any atom is -0.480 e. The van der Waals surface area contributed by atoms with E-state index in [2.05, 4.69) is 15.9 Å². The number of carboxylic acids is 1. The second kappa shape index (κ2) is 6.81. The van der Waals surface area contributed by atoms with E-state index in [-0.39, 0.29) is 11.9 Å². The number of likely N-dealkylation sites (tertiary alicyclic amines) is 1. The molecular formula is C18H17BrFNO2. The molecule has 0 aromatic heterocycles. The van der Waals surface area contributed by atoms with Crippen molar-refractivity contribution in [2.45, 2.75) is 24.9 Å². The number of halogens is 2. The van der Waals surface area contributed by atoms with E-state index in [4.69, 9.17) is 0 Å². The molecule has 1 aliphatic heterocycles. The minimum absolute atomic E-state index is 0.188. The average molecular weight is 378 g/mol. The summed E-state index contributed by atoms with van der Waals surface area (Å²) in [5, 5.41) is 9.51. The smallest absolute Gasteiger partial charge is 0.320 e. The Morgan fingerprint density at radius 2 is 1.70 bits per heavy atom. The molecule has 0 saturated carbocycles. The van der Waals surface area contributed by atoms with Crippen molar-refractivity contribution in [2.75, 3.05) is 6.54 Å². The van der Waals surface area contributed by atoms with Crippen molar-refractivity contribution < 1.29 is 14.3 Å². The van der Waals surface area contributed by atoms with E-state index in [0.29, 0.717) is 6.42 Å². The summed E-state index contributed by atoms with van der Waals surface area (Å²) in [6.45, 7) is 0.717. The first-order chi connectivity index (χ1) is 11.1. The summed E-state index contributed by atoms with van der Waals surface area (Å²) in [7, 11) is 0. The standard InChI is InChI=1S/C18H17BrFNO2/c19-14-7-3-12(4-8-14)17(13-5-9-15(20)10-6-13)21-11-1-2-16(21)18(22)23/h3-10,16-17H,1-2,11H2,(H,22,23). The fourth-order valence-corrected chi connectivity index (χ4v) is 3.49. The van der Waals surface area contributed by atoms with Gasteiger partial charge in [-0.05, 0) is 48.2 Å². The molecule has 0 radical (unpaired) electrons. The largest absolute Gasteiger partial charge is 0.480 e. The number of carboxylic acid groups (broad SMARTS) is 1. The molecule has 0 amide bonds. The molecule has 3 rings (SSSR count). The molecule has 0 bridgehead atoms. The Balaban J connectivity index is 2.04. The number of aliphatic carboxylic acids is 1. The number of rotatable bonds is 4. The predicted molar refractivity (Wildman–Crippen MR) is 89.7 cm³/mol. The lowest BCUT2D eigenvalue weighted by Crippen LogP contribution is -2.39. The van der Waals surface area contributed by atoms with Crippen molar-refractivity contribution >= 4 is 21.9 Å². The highest BCUT2D eigenvalue weighted by Crippen LogP contribution is 2.35. The van der Waals surface area contributed by atoms with Crippen LogP contribution in [-0.2, 0) is 4.79 Å². The number of hydrogen-bond acceptors (Lipinski definition) is 2. The van der Waals surface area contributed by atoms with Gasteiger partial charge in [0.25, 0.3) is 0 Å². The number of nitrogens with zero attached hydrogens (tertiary/aromatic N) is 1. The number of carbonyl (C=O) groups is 1. The van der Waals surface area contributed by atoms with Crippen LogP contribution in [0.5, 0.6) is 0 Å². The van der Waals surface area contributed by atoms with Gasteiger partial charge in [0.15, 0.2) is 0 Å². The highest BCUT2D eigenvalue weighted by molar-refractivity contribution is 9.10. The molecular weight excluding hydrogens is 361 g/mol. The summed E-state index contributed by atoms with van der Waals surface area (Å²) in [5.41, 5.74) is 1.91. The topological polar surface area (TPSA) is 40.5 Å². The fourth-order valence-electron chi connectivity index (χ4n) is 3.23. The average Bonchev–Trinajstić information content (AvgIpc) is 3.01. The van der Waals surface area contributed by atoms with E-state index >= 15 is 0 Å². The first-order valence-electron chi connectivity index (χ1n) is 7.56. The zero-order valence-corrected chi connectivity index (χ0v) is 14.0. The molecule has 1 fully saturated rings. The van der Waals surface area contributed by atoms with Gasteiger partial charge in [-0.3, -0.25) is 9.69 Å². The molecule has 23 heavy (non-hydrogen) atoms. The van der Waals surface area contributed by atoms with E-state index in [1.54, 1.807) is 12.1 Å². The van der Waals surface area contributed by atoms with Crippen molar-refractivity contribution in [2.24, 2.45) is 0 Å². The monoisotopic (exact) mass is 377 g/mol. The molecule has 120 valence electrons. The highest BCUT2D eigenvalue weighted by Gasteiger charge is 2.36. The third-order valence-corrected chi connectivity index (χ3v) is 4.81. The van der Waals surface area contributed by atoms with Crippen LogP contribution in [0.2, 0.25) is 0 Å². The summed E-state index contributed by atoms with van der Waals surface area (Å²) in [6, 6.07) is 13.5. The van der Waals surface area contributed by atoms with Gasteiger partial charge in [-0.1, -0.05) is 40.2 Å². The summed E-state index contributed by atoms with van der Waals surface area (Å²) in [5.74, 6) is -1.09. The molecule has 2 aromatic carbocycles. The van der Waals surface area contributed by atoms with Crippen LogP contribution < -0.4 is 0 Å². The Bertz CT molecular complexity index is 642. The maximum Gasteiger partial charge on any atom is 0.320 e. The van der Waals surface area contributed by atoms with Gasteiger partial charge < -0.3 is 5.11 Å². The summed E-state index contributed by atoms with van der Waals surface area (Å²) in [6.07, 6.45) is 1.49. The maximum atomic E-state index is 13.3. The Hall–Kier alpha value is -1.72. The molecule has 2 atom stereocenters. The lowest BCUT2D eigenvalue weighted by atomic mass is 9.96. The minimum atomic E-state index is -0.799. The zero-order chi connectivity index (χ0) is 16.4. The van der Waals surface area contributed by atoms with Crippen molar-refractivity contribution in [1.29, 1.82) is 0 Å². The van der Waals surface area contributed by atoms with Gasteiger partial charge in [-0.2, -0.15) is 0 Å². The summed E-state index contributed by atoms with van der Waals surface area (Å²) in [4.78, 5) is 13.6. The molecule has 0 aliphatic carbocycles. The molecule has 2 unspecified atom stereocenters. The first-order valence-corrected chi connectivity index (χ1v) is 8.35. The van der Waals surface area contributed by atoms with Crippen molar-refractivity contribution in [3.05, 3.63) is 69.9 Å². The quantitative estimate of drug-likeness (QED) is 0.866. The molecule has 2 aromatic rings. The Kier molecular flexibility index (Phi) is 4.78. The van der Waals surface area contributed by atoms with Gasteiger partial charge in [0.1, 0.15) is 11.9 Å². The van der Waals surface area contributed by atoms with Crippen molar-refractivity contribution in [3.63, 3.8) is 0 Å². The van der Waals surface area contributed by atoms with Gasteiger partial charge in [-0.25, -0.2) is 4.39 Å². The fraction of sp³-hybridized carbons (Fsp3) is 0.278. The lowest BCUT2D eigenvalue weighted by molar-refractivity contribution is -0.142. The summed E-state index contributed by atoms with van der Waals surface area (Å²) >= 11 is 3.42. The van der Waals surface area contributed by atoms with Gasteiger partial charge >= 0.3 is 5.97 Å². The van der Waals surface area contributed by atoms with Crippen LogP contribution in [0.4, 0.5) is 4.39 Å². The van der Waals surface area contributed by atoms with Gasteiger partial charge in [0.2, 0.25) is 0 Å². The second-order valence-electron chi connectivity index (χ2n) is 5.74. The Labute approximate surface area is 142 Å². The van der Waals surface area contributed by atoms with Crippen LogP contribution >= 0.6 is 15.9 Å². The highest BCUT2D eigenvalue weighted by atomic mass is 79.9. The van der Waals surface area contributed by atoms with Crippen LogP contribution in [0.1, 0.15) is 30.0 Å². The third kappa shape index (κ3) is 3.46.